The summed E-state index contributed by atoms with van der Waals surface area (Å²) in [5.74, 6) is 0.522. The van der Waals surface area contributed by atoms with Crippen LogP contribution in [0.4, 0.5) is 11.4 Å². The molecule has 1 amide bonds. The van der Waals surface area contributed by atoms with E-state index in [1.165, 1.54) is 0 Å². The molecule has 0 aliphatic heterocycles. The van der Waals surface area contributed by atoms with Crippen LogP contribution in [0.5, 0.6) is 5.75 Å². The number of hydrogen-bond acceptors (Lipinski definition) is 3. The summed E-state index contributed by atoms with van der Waals surface area (Å²) in [5, 5.41) is 2.77. The molecule has 2 aromatic carbocycles. The fraction of sp³-hybridized carbons (Fsp3) is 0.188. The molecule has 0 bridgehead atoms. The van der Waals surface area contributed by atoms with Crippen molar-refractivity contribution in [2.75, 3.05) is 17.7 Å². The Hall–Kier alpha value is -2.49. The van der Waals surface area contributed by atoms with Crippen molar-refractivity contribution in [3.8, 4) is 5.75 Å². The van der Waals surface area contributed by atoms with E-state index in [-0.39, 0.29) is 12.5 Å². The molecule has 2 rings (SSSR count). The first-order valence-corrected chi connectivity index (χ1v) is 6.40. The van der Waals surface area contributed by atoms with Crippen LogP contribution in [0.3, 0.4) is 0 Å². The van der Waals surface area contributed by atoms with Crippen LogP contribution in [0, 0.1) is 13.8 Å². The van der Waals surface area contributed by atoms with Gasteiger partial charge in [0.2, 0.25) is 0 Å². The topological polar surface area (TPSA) is 64.3 Å². The van der Waals surface area contributed by atoms with Gasteiger partial charge in [0.15, 0.2) is 6.61 Å². The van der Waals surface area contributed by atoms with Crippen molar-refractivity contribution in [1.82, 2.24) is 0 Å². The molecule has 0 heterocycles. The SMILES string of the molecule is Cc1cc(N)cc(C)c1OCC(=O)Nc1ccccc1. The van der Waals surface area contributed by atoms with E-state index < -0.39 is 0 Å². The number of aryl methyl sites for hydroxylation is 2. The highest BCUT2D eigenvalue weighted by Gasteiger charge is 2.08. The van der Waals surface area contributed by atoms with Gasteiger partial charge in [-0.3, -0.25) is 4.79 Å². The van der Waals surface area contributed by atoms with Gasteiger partial charge < -0.3 is 15.8 Å². The monoisotopic (exact) mass is 270 g/mol. The summed E-state index contributed by atoms with van der Waals surface area (Å²) in [7, 11) is 0. The van der Waals surface area contributed by atoms with Crippen molar-refractivity contribution in [2.45, 2.75) is 13.8 Å². The Balaban J connectivity index is 1.97. The van der Waals surface area contributed by atoms with Crippen molar-refractivity contribution in [3.63, 3.8) is 0 Å². The van der Waals surface area contributed by atoms with E-state index in [0.29, 0.717) is 11.4 Å². The Kier molecular flexibility index (Phi) is 4.25. The fourth-order valence-corrected chi connectivity index (χ4v) is 2.07. The lowest BCUT2D eigenvalue weighted by Crippen LogP contribution is -2.20. The van der Waals surface area contributed by atoms with Gasteiger partial charge >= 0.3 is 0 Å². The normalized spacial score (nSPS) is 10.1. The average molecular weight is 270 g/mol. The van der Waals surface area contributed by atoms with Crippen molar-refractivity contribution >= 4 is 17.3 Å². The zero-order valence-corrected chi connectivity index (χ0v) is 11.6. The molecule has 104 valence electrons. The van der Waals surface area contributed by atoms with E-state index >= 15 is 0 Å². The maximum Gasteiger partial charge on any atom is 0.262 e. The highest BCUT2D eigenvalue weighted by atomic mass is 16.5. The lowest BCUT2D eigenvalue weighted by Gasteiger charge is -2.13. The molecule has 4 nitrogen and oxygen atoms in total. The predicted molar refractivity (Wildman–Crippen MR) is 80.9 cm³/mol. The lowest BCUT2D eigenvalue weighted by atomic mass is 10.1. The highest BCUT2D eigenvalue weighted by molar-refractivity contribution is 5.91. The maximum absolute atomic E-state index is 11.8. The molecule has 0 aliphatic carbocycles. The summed E-state index contributed by atoms with van der Waals surface area (Å²) in [4.78, 5) is 11.8. The molecule has 4 heteroatoms. The first kappa shape index (κ1) is 13.9. The number of carbonyl (C=O) groups is 1. The van der Waals surface area contributed by atoms with Crippen LogP contribution in [0.25, 0.3) is 0 Å². The van der Waals surface area contributed by atoms with E-state index in [4.69, 9.17) is 10.5 Å². The van der Waals surface area contributed by atoms with Gasteiger partial charge in [0, 0.05) is 11.4 Å². The van der Waals surface area contributed by atoms with Crippen LogP contribution in [-0.2, 0) is 4.79 Å². The van der Waals surface area contributed by atoms with Crippen LogP contribution < -0.4 is 15.8 Å². The molecule has 0 atom stereocenters. The number of nitrogens with one attached hydrogen (secondary N) is 1. The minimum absolute atomic E-state index is 0.0273. The zero-order chi connectivity index (χ0) is 14.5. The number of rotatable bonds is 4. The smallest absolute Gasteiger partial charge is 0.262 e. The summed E-state index contributed by atoms with van der Waals surface area (Å²) >= 11 is 0. The van der Waals surface area contributed by atoms with E-state index in [0.717, 1.165) is 16.8 Å². The lowest BCUT2D eigenvalue weighted by molar-refractivity contribution is -0.118. The van der Waals surface area contributed by atoms with E-state index in [2.05, 4.69) is 5.32 Å². The second-order valence-corrected chi connectivity index (χ2v) is 4.69. The number of carbonyl (C=O) groups excluding carboxylic acids is 1. The van der Waals surface area contributed by atoms with E-state index in [1.807, 2.05) is 56.3 Å². The predicted octanol–water partition coefficient (Wildman–Crippen LogP) is 2.90. The zero-order valence-electron chi connectivity index (χ0n) is 11.6. The van der Waals surface area contributed by atoms with Crippen molar-refractivity contribution < 1.29 is 9.53 Å². The number of nitrogen functional groups attached to an aromatic ring is 1. The van der Waals surface area contributed by atoms with Crippen LogP contribution in [0.1, 0.15) is 11.1 Å². The maximum atomic E-state index is 11.8. The summed E-state index contributed by atoms with van der Waals surface area (Å²) in [5.41, 5.74) is 9.06. The molecule has 0 spiro atoms. The number of nitrogens with two attached hydrogens (primary N) is 1. The second kappa shape index (κ2) is 6.10. The van der Waals surface area contributed by atoms with Gasteiger partial charge in [0.25, 0.3) is 5.91 Å². The largest absolute Gasteiger partial charge is 0.483 e. The standard InChI is InChI=1S/C16H18N2O2/c1-11-8-13(17)9-12(2)16(11)20-10-15(19)18-14-6-4-3-5-7-14/h3-9H,10,17H2,1-2H3,(H,18,19). The summed E-state index contributed by atoms with van der Waals surface area (Å²) < 4.78 is 5.59. The van der Waals surface area contributed by atoms with Gasteiger partial charge in [-0.2, -0.15) is 0 Å². The Morgan fingerprint density at radius 1 is 1.15 bits per heavy atom. The Morgan fingerprint density at radius 2 is 1.75 bits per heavy atom. The van der Waals surface area contributed by atoms with Crippen LogP contribution in [-0.4, -0.2) is 12.5 Å². The minimum Gasteiger partial charge on any atom is -0.483 e. The quantitative estimate of drug-likeness (QED) is 0.840. The number of hydrogen-bond donors (Lipinski definition) is 2. The average Bonchev–Trinajstić information content (AvgIpc) is 2.38. The number of amides is 1. The molecule has 3 N–H and O–H groups in total. The van der Waals surface area contributed by atoms with Gasteiger partial charge in [-0.05, 0) is 49.2 Å². The molecule has 0 radical (unpaired) electrons. The Bertz CT molecular complexity index is 586. The van der Waals surface area contributed by atoms with Gasteiger partial charge in [-0.1, -0.05) is 18.2 Å². The van der Waals surface area contributed by atoms with Crippen molar-refractivity contribution in [1.29, 1.82) is 0 Å². The molecule has 0 saturated carbocycles. The molecular weight excluding hydrogens is 252 g/mol. The van der Waals surface area contributed by atoms with Crippen LogP contribution >= 0.6 is 0 Å². The number of benzene rings is 2. The third kappa shape index (κ3) is 3.51. The van der Waals surface area contributed by atoms with Gasteiger partial charge in [0.1, 0.15) is 5.75 Å². The van der Waals surface area contributed by atoms with Gasteiger partial charge in [0.05, 0.1) is 0 Å². The van der Waals surface area contributed by atoms with Crippen LogP contribution in [0.15, 0.2) is 42.5 Å². The molecule has 0 aromatic heterocycles. The first-order valence-electron chi connectivity index (χ1n) is 6.40. The Morgan fingerprint density at radius 3 is 2.35 bits per heavy atom. The van der Waals surface area contributed by atoms with Gasteiger partial charge in [-0.25, -0.2) is 0 Å². The summed E-state index contributed by atoms with van der Waals surface area (Å²) in [6.45, 7) is 3.79. The van der Waals surface area contributed by atoms with E-state index in [1.54, 1.807) is 0 Å². The van der Waals surface area contributed by atoms with Gasteiger partial charge in [-0.15, -0.1) is 0 Å². The molecule has 0 saturated heterocycles. The highest BCUT2D eigenvalue weighted by Crippen LogP contribution is 2.25. The van der Waals surface area contributed by atoms with Crippen LogP contribution in [0.2, 0.25) is 0 Å². The summed E-state index contributed by atoms with van der Waals surface area (Å²) in [6, 6.07) is 13.0. The number of anilines is 2. The molecule has 20 heavy (non-hydrogen) atoms. The number of ether oxygens (including phenoxy) is 1. The molecule has 2 aromatic rings. The fourth-order valence-electron chi connectivity index (χ4n) is 2.07. The molecular formula is C16H18N2O2. The van der Waals surface area contributed by atoms with Crippen molar-refractivity contribution in [2.24, 2.45) is 0 Å². The molecule has 0 unspecified atom stereocenters. The molecule has 0 fully saturated rings. The second-order valence-electron chi connectivity index (χ2n) is 4.69. The third-order valence-corrected chi connectivity index (χ3v) is 2.89. The minimum atomic E-state index is -0.188. The Labute approximate surface area is 118 Å². The molecule has 0 aliphatic rings. The number of para-hydroxylation sites is 1. The summed E-state index contributed by atoms with van der Waals surface area (Å²) in [6.07, 6.45) is 0. The third-order valence-electron chi connectivity index (χ3n) is 2.89. The van der Waals surface area contributed by atoms with E-state index in [9.17, 15) is 4.79 Å². The van der Waals surface area contributed by atoms with Crippen molar-refractivity contribution in [3.05, 3.63) is 53.6 Å². The first-order chi connectivity index (χ1) is 9.56.